The van der Waals surface area contributed by atoms with Crippen molar-refractivity contribution in [3.63, 3.8) is 0 Å². The van der Waals surface area contributed by atoms with Crippen LogP contribution in [0.15, 0.2) is 78.9 Å². The molecule has 4 aromatic rings. The molecule has 4 rings (SSSR count). The minimum atomic E-state index is -0.337. The fraction of sp³-hybridized carbons (Fsp3) is 0.0909. The van der Waals surface area contributed by atoms with Gasteiger partial charge in [0.05, 0.1) is 12.6 Å². The van der Waals surface area contributed by atoms with Gasteiger partial charge in [0.25, 0.3) is 0 Å². The largest absolute Gasteiger partial charge is 0.468 e. The normalized spacial score (nSPS) is 10.7. The van der Waals surface area contributed by atoms with E-state index in [0.29, 0.717) is 0 Å². The number of carbonyl (C=O) groups is 1. The Bertz CT molecular complexity index is 1090. The molecule has 27 heavy (non-hydrogen) atoms. The van der Waals surface area contributed by atoms with Crippen LogP contribution in [0.25, 0.3) is 22.2 Å². The van der Waals surface area contributed by atoms with Gasteiger partial charge in [0.1, 0.15) is 23.7 Å². The van der Waals surface area contributed by atoms with E-state index in [1.807, 2.05) is 78.9 Å². The van der Waals surface area contributed by atoms with Crippen LogP contribution in [0.2, 0.25) is 0 Å². The van der Waals surface area contributed by atoms with Gasteiger partial charge in [0.15, 0.2) is 0 Å². The summed E-state index contributed by atoms with van der Waals surface area (Å²) < 4.78 is 12.4. The maximum Gasteiger partial charge on any atom is 0.327 e. The van der Waals surface area contributed by atoms with Gasteiger partial charge in [0.2, 0.25) is 0 Å². The smallest absolute Gasteiger partial charge is 0.327 e. The Hall–Kier alpha value is -3.60. The highest BCUT2D eigenvalue weighted by Gasteiger charge is 2.15. The molecule has 0 spiro atoms. The van der Waals surface area contributed by atoms with Gasteiger partial charge >= 0.3 is 5.97 Å². The van der Waals surface area contributed by atoms with Crippen molar-refractivity contribution in [3.8, 4) is 22.8 Å². The van der Waals surface area contributed by atoms with Crippen LogP contribution in [0.5, 0.6) is 11.5 Å². The zero-order valence-electron chi connectivity index (χ0n) is 14.8. The number of benzene rings is 3. The molecule has 0 saturated carbocycles. The van der Waals surface area contributed by atoms with Crippen LogP contribution in [0.4, 0.5) is 0 Å². The van der Waals surface area contributed by atoms with Crippen molar-refractivity contribution in [2.45, 2.75) is 6.54 Å². The van der Waals surface area contributed by atoms with E-state index in [1.54, 1.807) is 4.68 Å². The van der Waals surface area contributed by atoms with E-state index in [0.717, 1.165) is 33.7 Å². The summed E-state index contributed by atoms with van der Waals surface area (Å²) in [6, 6.07) is 25.2. The number of fused-ring (bicyclic) bond motifs is 1. The Morgan fingerprint density at radius 3 is 2.48 bits per heavy atom. The van der Waals surface area contributed by atoms with Gasteiger partial charge in [-0.15, -0.1) is 0 Å². The predicted molar refractivity (Wildman–Crippen MR) is 104 cm³/mol. The number of para-hydroxylation sites is 2. The molecule has 0 atom stereocenters. The quantitative estimate of drug-likeness (QED) is 0.487. The molecule has 1 aromatic heterocycles. The van der Waals surface area contributed by atoms with Crippen molar-refractivity contribution < 1.29 is 14.3 Å². The zero-order valence-corrected chi connectivity index (χ0v) is 14.8. The number of hydrogen-bond donors (Lipinski definition) is 0. The Labute approximate surface area is 156 Å². The lowest BCUT2D eigenvalue weighted by atomic mass is 10.1. The molecule has 0 saturated heterocycles. The molecule has 0 aliphatic carbocycles. The molecule has 0 aliphatic rings. The van der Waals surface area contributed by atoms with Crippen molar-refractivity contribution in [1.29, 1.82) is 0 Å². The van der Waals surface area contributed by atoms with Gasteiger partial charge in [-0.05, 0) is 30.3 Å². The van der Waals surface area contributed by atoms with E-state index < -0.39 is 0 Å². The van der Waals surface area contributed by atoms with Gasteiger partial charge < -0.3 is 9.47 Å². The van der Waals surface area contributed by atoms with Crippen LogP contribution >= 0.6 is 0 Å². The SMILES string of the molecule is COC(=O)Cn1nc(-c2cccc(Oc3ccccc3)c2)c2ccccc21. The number of carbonyl (C=O) groups excluding carboxylic acids is 1. The van der Waals surface area contributed by atoms with Crippen LogP contribution in [0, 0.1) is 0 Å². The molecule has 0 amide bonds. The molecule has 0 aliphatic heterocycles. The molecule has 0 radical (unpaired) electrons. The van der Waals surface area contributed by atoms with Crippen LogP contribution in [-0.4, -0.2) is 22.9 Å². The van der Waals surface area contributed by atoms with Crippen molar-refractivity contribution >= 4 is 16.9 Å². The summed E-state index contributed by atoms with van der Waals surface area (Å²) in [5.74, 6) is 1.16. The lowest BCUT2D eigenvalue weighted by Gasteiger charge is -2.07. The summed E-state index contributed by atoms with van der Waals surface area (Å²) in [7, 11) is 1.37. The fourth-order valence-corrected chi connectivity index (χ4v) is 2.98. The number of methoxy groups -OCH3 is 1. The van der Waals surface area contributed by atoms with E-state index in [2.05, 4.69) is 5.10 Å². The van der Waals surface area contributed by atoms with Gasteiger partial charge in [-0.2, -0.15) is 5.10 Å². The third-order valence-electron chi connectivity index (χ3n) is 4.25. The number of esters is 1. The number of rotatable bonds is 5. The molecular formula is C22H18N2O3. The first-order valence-electron chi connectivity index (χ1n) is 8.60. The van der Waals surface area contributed by atoms with Gasteiger partial charge in [-0.3, -0.25) is 9.48 Å². The first kappa shape index (κ1) is 16.8. The zero-order chi connectivity index (χ0) is 18.6. The molecule has 5 nitrogen and oxygen atoms in total. The Kier molecular flexibility index (Phi) is 4.58. The lowest BCUT2D eigenvalue weighted by Crippen LogP contribution is -2.12. The van der Waals surface area contributed by atoms with Crippen molar-refractivity contribution in [1.82, 2.24) is 9.78 Å². The van der Waals surface area contributed by atoms with Crippen LogP contribution in [0.3, 0.4) is 0 Å². The molecule has 0 unspecified atom stereocenters. The van der Waals surface area contributed by atoms with E-state index in [-0.39, 0.29) is 12.5 Å². The highest BCUT2D eigenvalue weighted by atomic mass is 16.5. The number of aromatic nitrogens is 2. The van der Waals surface area contributed by atoms with Gasteiger partial charge in [-0.25, -0.2) is 0 Å². The first-order chi connectivity index (χ1) is 13.2. The van der Waals surface area contributed by atoms with Gasteiger partial charge in [-0.1, -0.05) is 48.5 Å². The van der Waals surface area contributed by atoms with E-state index in [1.165, 1.54) is 7.11 Å². The summed E-state index contributed by atoms with van der Waals surface area (Å²) in [6.07, 6.45) is 0. The molecule has 0 N–H and O–H groups in total. The third kappa shape index (κ3) is 3.53. The number of hydrogen-bond acceptors (Lipinski definition) is 4. The minimum absolute atomic E-state index is 0.0667. The maximum absolute atomic E-state index is 11.7. The predicted octanol–water partition coefficient (Wildman–Crippen LogP) is 4.67. The number of ether oxygens (including phenoxy) is 2. The Morgan fingerprint density at radius 1 is 0.926 bits per heavy atom. The van der Waals surface area contributed by atoms with Crippen LogP contribution in [-0.2, 0) is 16.1 Å². The van der Waals surface area contributed by atoms with E-state index >= 15 is 0 Å². The maximum atomic E-state index is 11.7. The van der Waals surface area contributed by atoms with Crippen molar-refractivity contribution in [2.24, 2.45) is 0 Å². The molecule has 1 heterocycles. The van der Waals surface area contributed by atoms with Crippen LogP contribution in [0.1, 0.15) is 0 Å². The summed E-state index contributed by atoms with van der Waals surface area (Å²) >= 11 is 0. The molecule has 5 heteroatoms. The van der Waals surface area contributed by atoms with Gasteiger partial charge in [0, 0.05) is 10.9 Å². The van der Waals surface area contributed by atoms with E-state index in [9.17, 15) is 4.79 Å². The second-order valence-electron chi connectivity index (χ2n) is 6.04. The first-order valence-corrected chi connectivity index (χ1v) is 8.60. The highest BCUT2D eigenvalue weighted by Crippen LogP contribution is 2.31. The summed E-state index contributed by atoms with van der Waals surface area (Å²) in [5.41, 5.74) is 2.60. The topological polar surface area (TPSA) is 53.4 Å². The average molecular weight is 358 g/mol. The second kappa shape index (κ2) is 7.33. The number of nitrogens with zero attached hydrogens (tertiary/aromatic N) is 2. The lowest BCUT2D eigenvalue weighted by molar-refractivity contribution is -0.141. The summed E-state index contributed by atoms with van der Waals surface area (Å²) in [6.45, 7) is 0.0667. The summed E-state index contributed by atoms with van der Waals surface area (Å²) in [4.78, 5) is 11.7. The third-order valence-corrected chi connectivity index (χ3v) is 4.25. The van der Waals surface area contributed by atoms with E-state index in [4.69, 9.17) is 9.47 Å². The molecule has 0 fully saturated rings. The minimum Gasteiger partial charge on any atom is -0.468 e. The average Bonchev–Trinajstić information content (AvgIpc) is 3.07. The second-order valence-corrected chi connectivity index (χ2v) is 6.04. The van der Waals surface area contributed by atoms with Crippen molar-refractivity contribution in [2.75, 3.05) is 7.11 Å². The summed E-state index contributed by atoms with van der Waals surface area (Å²) in [5, 5.41) is 5.63. The monoisotopic (exact) mass is 358 g/mol. The molecule has 0 bridgehead atoms. The highest BCUT2D eigenvalue weighted by molar-refractivity contribution is 5.94. The molecule has 3 aromatic carbocycles. The van der Waals surface area contributed by atoms with Crippen LogP contribution < -0.4 is 4.74 Å². The molecular weight excluding hydrogens is 340 g/mol. The Morgan fingerprint density at radius 2 is 1.67 bits per heavy atom. The fourth-order valence-electron chi connectivity index (χ4n) is 2.98. The standard InChI is InChI=1S/C22H18N2O3/c1-26-21(25)15-24-20-13-6-5-12-19(20)22(23-24)16-8-7-11-18(14-16)27-17-9-3-2-4-10-17/h2-14H,15H2,1H3. The molecule has 134 valence electrons. The van der Waals surface area contributed by atoms with Crippen molar-refractivity contribution in [3.05, 3.63) is 78.9 Å². The Balaban J connectivity index is 1.74.